The van der Waals surface area contributed by atoms with Gasteiger partial charge in [0.2, 0.25) is 5.91 Å². The number of benzene rings is 2. The minimum Gasteiger partial charge on any atom is -0.495 e. The van der Waals surface area contributed by atoms with Crippen LogP contribution in [0.15, 0.2) is 65.8 Å². The van der Waals surface area contributed by atoms with Crippen LogP contribution in [0, 0.1) is 0 Å². The molecule has 0 saturated heterocycles. The van der Waals surface area contributed by atoms with E-state index in [0.29, 0.717) is 40.6 Å². The summed E-state index contributed by atoms with van der Waals surface area (Å²) in [6.07, 6.45) is 3.29. The van der Waals surface area contributed by atoms with E-state index in [2.05, 4.69) is 10.3 Å². The van der Waals surface area contributed by atoms with Gasteiger partial charge in [0.05, 0.1) is 32.3 Å². The Morgan fingerprint density at radius 2 is 1.91 bits per heavy atom. The molecule has 2 aromatic carbocycles. The molecule has 0 aliphatic heterocycles. The molecule has 0 bridgehead atoms. The van der Waals surface area contributed by atoms with Crippen LogP contribution in [0.25, 0.3) is 22.2 Å². The number of nitrogens with zero attached hydrogens (tertiary/aromatic N) is 3. The Morgan fingerprint density at radius 1 is 1.12 bits per heavy atom. The first-order valence-electron chi connectivity index (χ1n) is 10.3. The van der Waals surface area contributed by atoms with Gasteiger partial charge in [-0.15, -0.1) is 0 Å². The molecule has 8 nitrogen and oxygen atoms in total. The highest BCUT2D eigenvalue weighted by atomic mass is 35.5. The van der Waals surface area contributed by atoms with Gasteiger partial charge >= 0.3 is 0 Å². The molecule has 0 fully saturated rings. The Kier molecular flexibility index (Phi) is 6.76. The van der Waals surface area contributed by atoms with E-state index in [1.54, 1.807) is 36.1 Å². The second-order valence-corrected chi connectivity index (χ2v) is 7.80. The van der Waals surface area contributed by atoms with Gasteiger partial charge in [-0.1, -0.05) is 41.9 Å². The molecule has 0 unspecified atom stereocenters. The van der Waals surface area contributed by atoms with E-state index in [9.17, 15) is 9.59 Å². The summed E-state index contributed by atoms with van der Waals surface area (Å²) in [5, 5.41) is 3.28. The van der Waals surface area contributed by atoms with Crippen molar-refractivity contribution in [3.63, 3.8) is 0 Å². The summed E-state index contributed by atoms with van der Waals surface area (Å²) < 4.78 is 13.5. The zero-order valence-corrected chi connectivity index (χ0v) is 19.0. The van der Waals surface area contributed by atoms with Crippen LogP contribution >= 0.6 is 11.6 Å². The number of fused-ring (bicyclic) bond motifs is 1. The van der Waals surface area contributed by atoms with E-state index in [-0.39, 0.29) is 18.0 Å². The van der Waals surface area contributed by atoms with Crippen LogP contribution in [-0.4, -0.2) is 40.9 Å². The molecule has 9 heteroatoms. The van der Waals surface area contributed by atoms with E-state index < -0.39 is 0 Å². The number of nitrogens with one attached hydrogen (secondary N) is 1. The number of carbonyl (C=O) groups is 1. The Balaban J connectivity index is 1.75. The fraction of sp³-hybridized carbons (Fsp3) is 0.208. The highest BCUT2D eigenvalue weighted by Gasteiger charge is 2.18. The molecule has 0 radical (unpaired) electrons. The van der Waals surface area contributed by atoms with Gasteiger partial charge in [0.15, 0.2) is 0 Å². The van der Waals surface area contributed by atoms with Crippen LogP contribution in [0.2, 0.25) is 5.02 Å². The molecule has 33 heavy (non-hydrogen) atoms. The number of rotatable bonds is 8. The van der Waals surface area contributed by atoms with Gasteiger partial charge in [-0.2, -0.15) is 0 Å². The van der Waals surface area contributed by atoms with E-state index in [4.69, 9.17) is 21.1 Å². The predicted molar refractivity (Wildman–Crippen MR) is 128 cm³/mol. The topological polar surface area (TPSA) is 87.4 Å². The van der Waals surface area contributed by atoms with Crippen molar-refractivity contribution < 1.29 is 14.3 Å². The molecule has 0 atom stereocenters. The predicted octanol–water partition coefficient (Wildman–Crippen LogP) is 3.81. The number of aromatic nitrogens is 3. The Labute approximate surface area is 195 Å². The maximum absolute atomic E-state index is 13.3. The molecule has 1 amide bonds. The normalized spacial score (nSPS) is 11.0. The maximum Gasteiger partial charge on any atom is 0.277 e. The van der Waals surface area contributed by atoms with Gasteiger partial charge in [-0.25, -0.2) is 4.98 Å². The van der Waals surface area contributed by atoms with E-state index in [0.717, 1.165) is 11.1 Å². The summed E-state index contributed by atoms with van der Waals surface area (Å²) in [5.74, 6) is 0.150. The lowest BCUT2D eigenvalue weighted by molar-refractivity contribution is -0.116. The van der Waals surface area contributed by atoms with Gasteiger partial charge in [-0.3, -0.25) is 14.2 Å². The number of methoxy groups -OCH3 is 2. The van der Waals surface area contributed by atoms with E-state index >= 15 is 0 Å². The molecule has 0 spiro atoms. The number of ether oxygens (including phenoxy) is 2. The summed E-state index contributed by atoms with van der Waals surface area (Å²) >= 11 is 6.07. The third kappa shape index (κ3) is 4.76. The number of hydrogen-bond acceptors (Lipinski definition) is 5. The fourth-order valence-corrected chi connectivity index (χ4v) is 3.81. The van der Waals surface area contributed by atoms with Crippen LogP contribution < -0.4 is 15.6 Å². The van der Waals surface area contributed by atoms with Crippen molar-refractivity contribution in [2.75, 3.05) is 26.1 Å². The summed E-state index contributed by atoms with van der Waals surface area (Å²) in [6, 6.07) is 14.6. The van der Waals surface area contributed by atoms with Crippen molar-refractivity contribution in [1.82, 2.24) is 14.1 Å². The molecule has 0 saturated carbocycles. The largest absolute Gasteiger partial charge is 0.495 e. The lowest BCUT2D eigenvalue weighted by Gasteiger charge is -2.11. The molecule has 0 aliphatic rings. The quantitative estimate of drug-likeness (QED) is 0.426. The summed E-state index contributed by atoms with van der Waals surface area (Å²) in [5.41, 5.74) is 2.76. The zero-order chi connectivity index (χ0) is 23.4. The molecule has 2 heterocycles. The Hall–Kier alpha value is -3.62. The first-order valence-corrected chi connectivity index (χ1v) is 10.7. The monoisotopic (exact) mass is 466 g/mol. The van der Waals surface area contributed by atoms with Gasteiger partial charge in [-0.05, 0) is 23.8 Å². The SMILES string of the molecule is COCCn1cnc2c(-c3ccccc3)cn(CC(=O)Nc3cc(Cl)ccc3OC)c2c1=O. The first-order chi connectivity index (χ1) is 16.0. The number of carbonyl (C=O) groups excluding carboxylic acids is 1. The van der Waals surface area contributed by atoms with Gasteiger partial charge in [0.1, 0.15) is 23.3 Å². The molecule has 4 aromatic rings. The number of halogens is 1. The van der Waals surface area contributed by atoms with E-state index in [1.807, 2.05) is 30.3 Å². The molecular formula is C24H23ClN4O4. The average Bonchev–Trinajstić information content (AvgIpc) is 3.18. The van der Waals surface area contributed by atoms with Crippen molar-refractivity contribution in [3.8, 4) is 16.9 Å². The molecular weight excluding hydrogens is 444 g/mol. The third-order valence-corrected chi connectivity index (χ3v) is 5.45. The third-order valence-electron chi connectivity index (χ3n) is 5.21. The van der Waals surface area contributed by atoms with Crippen LogP contribution in [-0.2, 0) is 22.6 Å². The van der Waals surface area contributed by atoms with Crippen molar-refractivity contribution in [3.05, 3.63) is 76.4 Å². The van der Waals surface area contributed by atoms with Crippen molar-refractivity contribution in [1.29, 1.82) is 0 Å². The second-order valence-electron chi connectivity index (χ2n) is 7.36. The fourth-order valence-electron chi connectivity index (χ4n) is 3.64. The van der Waals surface area contributed by atoms with Crippen molar-refractivity contribution in [2.45, 2.75) is 13.1 Å². The zero-order valence-electron chi connectivity index (χ0n) is 18.2. The van der Waals surface area contributed by atoms with Crippen LogP contribution in [0.4, 0.5) is 5.69 Å². The van der Waals surface area contributed by atoms with Crippen LogP contribution in [0.1, 0.15) is 0 Å². The Morgan fingerprint density at radius 3 is 2.64 bits per heavy atom. The van der Waals surface area contributed by atoms with E-state index in [1.165, 1.54) is 18.0 Å². The van der Waals surface area contributed by atoms with Crippen LogP contribution in [0.5, 0.6) is 5.75 Å². The minimum absolute atomic E-state index is 0.0930. The first kappa shape index (κ1) is 22.6. The molecule has 4 rings (SSSR count). The second kappa shape index (κ2) is 9.89. The molecule has 2 aromatic heterocycles. The van der Waals surface area contributed by atoms with Gasteiger partial charge in [0.25, 0.3) is 5.56 Å². The lowest BCUT2D eigenvalue weighted by atomic mass is 10.1. The minimum atomic E-state index is -0.334. The lowest BCUT2D eigenvalue weighted by Crippen LogP contribution is -2.26. The smallest absolute Gasteiger partial charge is 0.277 e. The maximum atomic E-state index is 13.3. The van der Waals surface area contributed by atoms with Crippen molar-refractivity contribution >= 4 is 34.2 Å². The number of anilines is 1. The number of hydrogen-bond donors (Lipinski definition) is 1. The summed E-state index contributed by atoms with van der Waals surface area (Å²) in [6.45, 7) is 0.634. The molecule has 1 N–H and O–H groups in total. The molecule has 170 valence electrons. The highest BCUT2D eigenvalue weighted by Crippen LogP contribution is 2.29. The van der Waals surface area contributed by atoms with Gasteiger partial charge < -0.3 is 19.4 Å². The molecule has 0 aliphatic carbocycles. The number of amides is 1. The van der Waals surface area contributed by atoms with Crippen molar-refractivity contribution in [2.24, 2.45) is 0 Å². The average molecular weight is 467 g/mol. The van der Waals surface area contributed by atoms with Gasteiger partial charge in [0, 0.05) is 23.9 Å². The van der Waals surface area contributed by atoms with Crippen LogP contribution in [0.3, 0.4) is 0 Å². The summed E-state index contributed by atoms with van der Waals surface area (Å²) in [7, 11) is 3.08. The summed E-state index contributed by atoms with van der Waals surface area (Å²) in [4.78, 5) is 30.7. The highest BCUT2D eigenvalue weighted by molar-refractivity contribution is 6.31. The standard InChI is InChI=1S/C24H23ClN4O4/c1-32-11-10-28-15-26-22-18(16-6-4-3-5-7-16)13-29(23(22)24(28)31)14-21(30)27-19-12-17(25)8-9-20(19)33-2/h3-9,12-13,15H,10-11,14H2,1-2H3,(H,27,30). The Bertz CT molecular complexity index is 1350.